The van der Waals surface area contributed by atoms with Gasteiger partial charge >= 0.3 is 0 Å². The highest BCUT2D eigenvalue weighted by atomic mass is 79.9. The van der Waals surface area contributed by atoms with Crippen molar-refractivity contribution in [1.29, 1.82) is 0 Å². The molecule has 1 aliphatic rings. The quantitative estimate of drug-likeness (QED) is 0.773. The average Bonchev–Trinajstić information content (AvgIpc) is 2.81. The SMILES string of the molecule is CN(CC1CCCC1)c1ncc(Br)cc1CCl. The van der Waals surface area contributed by atoms with Crippen molar-refractivity contribution in [1.82, 2.24) is 4.98 Å². The fourth-order valence-electron chi connectivity index (χ4n) is 2.58. The van der Waals surface area contributed by atoms with Crippen LogP contribution >= 0.6 is 27.5 Å². The monoisotopic (exact) mass is 316 g/mol. The van der Waals surface area contributed by atoms with E-state index in [-0.39, 0.29) is 0 Å². The highest BCUT2D eigenvalue weighted by Gasteiger charge is 2.18. The lowest BCUT2D eigenvalue weighted by molar-refractivity contribution is 0.544. The van der Waals surface area contributed by atoms with Gasteiger partial charge in [0, 0.05) is 29.8 Å². The van der Waals surface area contributed by atoms with Gasteiger partial charge in [-0.1, -0.05) is 12.8 Å². The van der Waals surface area contributed by atoms with Gasteiger partial charge in [0.1, 0.15) is 5.82 Å². The summed E-state index contributed by atoms with van der Waals surface area (Å²) in [5.74, 6) is 2.36. The first-order valence-corrected chi connectivity index (χ1v) is 7.45. The third-order valence-electron chi connectivity index (χ3n) is 3.42. The van der Waals surface area contributed by atoms with Gasteiger partial charge < -0.3 is 4.90 Å². The van der Waals surface area contributed by atoms with Crippen molar-refractivity contribution >= 4 is 33.3 Å². The van der Waals surface area contributed by atoms with Crippen LogP contribution in [0, 0.1) is 5.92 Å². The lowest BCUT2D eigenvalue weighted by atomic mass is 10.1. The van der Waals surface area contributed by atoms with E-state index in [4.69, 9.17) is 11.6 Å². The van der Waals surface area contributed by atoms with E-state index in [0.717, 1.165) is 28.3 Å². The van der Waals surface area contributed by atoms with Crippen molar-refractivity contribution in [3.8, 4) is 0 Å². The van der Waals surface area contributed by atoms with Gasteiger partial charge in [-0.05, 0) is 40.8 Å². The van der Waals surface area contributed by atoms with Gasteiger partial charge in [-0.2, -0.15) is 0 Å². The Morgan fingerprint density at radius 1 is 1.47 bits per heavy atom. The van der Waals surface area contributed by atoms with Crippen molar-refractivity contribution in [2.45, 2.75) is 31.6 Å². The van der Waals surface area contributed by atoms with E-state index >= 15 is 0 Å². The first-order valence-electron chi connectivity index (χ1n) is 6.12. The van der Waals surface area contributed by atoms with Crippen LogP contribution in [0.4, 0.5) is 5.82 Å². The summed E-state index contributed by atoms with van der Waals surface area (Å²) in [7, 11) is 2.12. The summed E-state index contributed by atoms with van der Waals surface area (Å²) in [6.45, 7) is 1.10. The zero-order valence-corrected chi connectivity index (χ0v) is 12.5. The third kappa shape index (κ3) is 3.35. The average molecular weight is 318 g/mol. The molecule has 0 amide bonds. The minimum absolute atomic E-state index is 0.511. The summed E-state index contributed by atoms with van der Waals surface area (Å²) < 4.78 is 0.992. The van der Waals surface area contributed by atoms with E-state index in [1.54, 1.807) is 0 Å². The summed E-state index contributed by atoms with van der Waals surface area (Å²) in [6.07, 6.45) is 7.33. The minimum Gasteiger partial charge on any atom is -0.359 e. The predicted octanol–water partition coefficient (Wildman–Crippen LogP) is 4.21. The van der Waals surface area contributed by atoms with Gasteiger partial charge in [0.15, 0.2) is 0 Å². The fraction of sp³-hybridized carbons (Fsp3) is 0.615. The van der Waals surface area contributed by atoms with Crippen LogP contribution in [-0.2, 0) is 5.88 Å². The van der Waals surface area contributed by atoms with E-state index in [1.807, 2.05) is 6.20 Å². The first-order chi connectivity index (χ1) is 8.20. The standard InChI is InChI=1S/C13H18BrClN2/c1-17(9-10-4-2-3-5-10)13-11(7-15)6-12(14)8-16-13/h6,8,10H,2-5,7,9H2,1H3. The Bertz CT molecular complexity index is 378. The molecular formula is C13H18BrClN2. The van der Waals surface area contributed by atoms with Crippen LogP contribution in [-0.4, -0.2) is 18.6 Å². The molecule has 0 saturated heterocycles. The molecular weight excluding hydrogens is 300 g/mol. The molecule has 0 aliphatic heterocycles. The number of nitrogens with zero attached hydrogens (tertiary/aromatic N) is 2. The van der Waals surface area contributed by atoms with Crippen LogP contribution in [0.3, 0.4) is 0 Å². The van der Waals surface area contributed by atoms with E-state index in [1.165, 1.54) is 25.7 Å². The van der Waals surface area contributed by atoms with Crippen molar-refractivity contribution < 1.29 is 0 Å². The molecule has 1 aromatic heterocycles. The first kappa shape index (κ1) is 13.2. The Labute approximate surface area is 116 Å². The molecule has 1 fully saturated rings. The van der Waals surface area contributed by atoms with Crippen LogP contribution < -0.4 is 4.90 Å². The van der Waals surface area contributed by atoms with Crippen molar-refractivity contribution in [2.75, 3.05) is 18.5 Å². The van der Waals surface area contributed by atoms with Crippen molar-refractivity contribution in [3.05, 3.63) is 22.3 Å². The summed E-state index contributed by atoms with van der Waals surface area (Å²) >= 11 is 9.41. The zero-order valence-electron chi connectivity index (χ0n) is 10.1. The molecule has 0 unspecified atom stereocenters. The molecule has 0 atom stereocenters. The smallest absolute Gasteiger partial charge is 0.132 e. The number of halogens is 2. The molecule has 94 valence electrons. The predicted molar refractivity (Wildman–Crippen MR) is 76.7 cm³/mol. The lowest BCUT2D eigenvalue weighted by Gasteiger charge is -2.24. The fourth-order valence-corrected chi connectivity index (χ4v) is 3.16. The Morgan fingerprint density at radius 3 is 2.82 bits per heavy atom. The van der Waals surface area contributed by atoms with Crippen LogP contribution in [0.25, 0.3) is 0 Å². The van der Waals surface area contributed by atoms with Crippen LogP contribution in [0.1, 0.15) is 31.2 Å². The molecule has 1 aromatic rings. The number of hydrogen-bond acceptors (Lipinski definition) is 2. The summed E-state index contributed by atoms with van der Waals surface area (Å²) in [4.78, 5) is 6.74. The molecule has 1 aliphatic carbocycles. The van der Waals surface area contributed by atoms with E-state index < -0.39 is 0 Å². The normalized spacial score (nSPS) is 16.4. The minimum atomic E-state index is 0.511. The highest BCUT2D eigenvalue weighted by Crippen LogP contribution is 2.28. The number of anilines is 1. The molecule has 1 heterocycles. The molecule has 0 N–H and O–H groups in total. The zero-order chi connectivity index (χ0) is 12.3. The number of alkyl halides is 1. The maximum atomic E-state index is 5.98. The Kier molecular flexibility index (Phi) is 4.69. The second kappa shape index (κ2) is 6.05. The highest BCUT2D eigenvalue weighted by molar-refractivity contribution is 9.10. The number of rotatable bonds is 4. The van der Waals surface area contributed by atoms with Gasteiger partial charge in [-0.3, -0.25) is 0 Å². The maximum absolute atomic E-state index is 5.98. The van der Waals surface area contributed by atoms with Gasteiger partial charge in [0.25, 0.3) is 0 Å². The third-order valence-corrected chi connectivity index (χ3v) is 4.14. The topological polar surface area (TPSA) is 16.1 Å². The number of hydrogen-bond donors (Lipinski definition) is 0. The molecule has 4 heteroatoms. The van der Waals surface area contributed by atoms with Crippen LogP contribution in [0.5, 0.6) is 0 Å². The van der Waals surface area contributed by atoms with Crippen molar-refractivity contribution in [3.63, 3.8) is 0 Å². The summed E-state index contributed by atoms with van der Waals surface area (Å²) in [5.41, 5.74) is 1.10. The molecule has 0 bridgehead atoms. The Morgan fingerprint density at radius 2 is 2.18 bits per heavy atom. The van der Waals surface area contributed by atoms with Gasteiger partial charge in [-0.25, -0.2) is 4.98 Å². The van der Waals surface area contributed by atoms with E-state index in [2.05, 4.69) is 38.9 Å². The maximum Gasteiger partial charge on any atom is 0.132 e. The molecule has 17 heavy (non-hydrogen) atoms. The molecule has 0 aromatic carbocycles. The van der Waals surface area contributed by atoms with Crippen LogP contribution in [0.15, 0.2) is 16.7 Å². The number of aromatic nitrogens is 1. The second-order valence-corrected chi connectivity index (χ2v) is 5.98. The molecule has 0 spiro atoms. The molecule has 2 rings (SSSR count). The van der Waals surface area contributed by atoms with Crippen LogP contribution in [0.2, 0.25) is 0 Å². The van der Waals surface area contributed by atoms with Gasteiger partial charge in [0.2, 0.25) is 0 Å². The summed E-state index contributed by atoms with van der Waals surface area (Å²) in [5, 5.41) is 0. The second-order valence-electron chi connectivity index (χ2n) is 4.80. The molecule has 2 nitrogen and oxygen atoms in total. The van der Waals surface area contributed by atoms with E-state index in [0.29, 0.717) is 5.88 Å². The van der Waals surface area contributed by atoms with Crippen molar-refractivity contribution in [2.24, 2.45) is 5.92 Å². The number of pyridine rings is 1. The summed E-state index contributed by atoms with van der Waals surface area (Å²) in [6, 6.07) is 2.06. The Hall–Kier alpha value is -0.280. The largest absolute Gasteiger partial charge is 0.359 e. The molecule has 0 radical (unpaired) electrons. The van der Waals surface area contributed by atoms with Gasteiger partial charge in [0.05, 0.1) is 5.88 Å². The Balaban J connectivity index is 2.09. The van der Waals surface area contributed by atoms with Gasteiger partial charge in [-0.15, -0.1) is 11.6 Å². The van der Waals surface area contributed by atoms with E-state index in [9.17, 15) is 0 Å². The lowest BCUT2D eigenvalue weighted by Crippen LogP contribution is -2.25. The molecule has 1 saturated carbocycles.